The summed E-state index contributed by atoms with van der Waals surface area (Å²) in [5.41, 5.74) is 2.01. The minimum Gasteiger partial charge on any atom is -0.465 e. The maximum atomic E-state index is 13.7. The predicted molar refractivity (Wildman–Crippen MR) is 99.0 cm³/mol. The number of methoxy groups -OCH3 is 1. The molecule has 2 aromatic rings. The van der Waals surface area contributed by atoms with Crippen LogP contribution in [0.3, 0.4) is 0 Å². The highest BCUT2D eigenvalue weighted by Gasteiger charge is 2.28. The second-order valence-corrected chi connectivity index (χ2v) is 7.47. The van der Waals surface area contributed by atoms with Gasteiger partial charge in [0, 0.05) is 17.0 Å². The van der Waals surface area contributed by atoms with Gasteiger partial charge in [-0.25, -0.2) is 9.18 Å². The Morgan fingerprint density at radius 1 is 1.31 bits per heavy atom. The number of ether oxygens (including phenoxy) is 1. The fraction of sp³-hybridized carbons (Fsp3) is 0.368. The molecule has 0 bridgehead atoms. The smallest absolute Gasteiger partial charge is 0.341 e. The lowest BCUT2D eigenvalue weighted by atomic mass is 10.1. The van der Waals surface area contributed by atoms with Crippen LogP contribution in [0.1, 0.15) is 32.8 Å². The zero-order valence-electron chi connectivity index (χ0n) is 14.8. The van der Waals surface area contributed by atoms with Crippen LogP contribution < -0.4 is 5.32 Å². The van der Waals surface area contributed by atoms with Gasteiger partial charge in [0.2, 0.25) is 5.91 Å². The molecule has 1 aliphatic carbocycles. The number of hydrogen-bond donors (Lipinski definition) is 1. The topological polar surface area (TPSA) is 58.6 Å². The summed E-state index contributed by atoms with van der Waals surface area (Å²) in [4.78, 5) is 27.4. The second-order valence-electron chi connectivity index (χ2n) is 6.36. The molecule has 3 rings (SSSR count). The lowest BCUT2D eigenvalue weighted by Crippen LogP contribution is -2.30. The second kappa shape index (κ2) is 7.97. The van der Waals surface area contributed by atoms with Gasteiger partial charge >= 0.3 is 5.97 Å². The molecular formula is C19H21FN2O3S. The summed E-state index contributed by atoms with van der Waals surface area (Å²) in [5, 5.41) is 3.38. The maximum Gasteiger partial charge on any atom is 0.341 e. The highest BCUT2D eigenvalue weighted by Crippen LogP contribution is 2.39. The van der Waals surface area contributed by atoms with E-state index in [0.717, 1.165) is 29.7 Å². The number of likely N-dealkylation sites (N-methyl/N-ethyl adjacent to an activating group) is 1. The third-order valence-corrected chi connectivity index (χ3v) is 5.58. The molecule has 7 heteroatoms. The first-order valence-electron chi connectivity index (χ1n) is 8.44. The quantitative estimate of drug-likeness (QED) is 0.787. The number of anilines is 1. The molecule has 138 valence electrons. The number of aryl methyl sites for hydroxylation is 1. The van der Waals surface area contributed by atoms with E-state index in [4.69, 9.17) is 4.74 Å². The Balaban J connectivity index is 1.67. The van der Waals surface area contributed by atoms with Crippen LogP contribution in [-0.2, 0) is 28.9 Å². The number of halogens is 1. The van der Waals surface area contributed by atoms with Gasteiger partial charge in [-0.3, -0.25) is 9.69 Å². The fourth-order valence-corrected chi connectivity index (χ4v) is 4.49. The van der Waals surface area contributed by atoms with Gasteiger partial charge in [0.1, 0.15) is 10.8 Å². The van der Waals surface area contributed by atoms with E-state index in [1.54, 1.807) is 30.1 Å². The van der Waals surface area contributed by atoms with Crippen molar-refractivity contribution in [3.8, 4) is 0 Å². The van der Waals surface area contributed by atoms with Crippen LogP contribution >= 0.6 is 11.3 Å². The summed E-state index contributed by atoms with van der Waals surface area (Å²) in [7, 11) is 3.09. The van der Waals surface area contributed by atoms with Crippen molar-refractivity contribution in [1.82, 2.24) is 4.90 Å². The van der Waals surface area contributed by atoms with E-state index in [2.05, 4.69) is 5.32 Å². The largest absolute Gasteiger partial charge is 0.465 e. The minimum absolute atomic E-state index is 0.0948. The maximum absolute atomic E-state index is 13.7. The normalized spacial score (nSPS) is 12.9. The van der Waals surface area contributed by atoms with Crippen molar-refractivity contribution in [1.29, 1.82) is 0 Å². The van der Waals surface area contributed by atoms with Gasteiger partial charge in [-0.2, -0.15) is 0 Å². The summed E-state index contributed by atoms with van der Waals surface area (Å²) in [6, 6.07) is 6.50. The van der Waals surface area contributed by atoms with Crippen LogP contribution in [0, 0.1) is 5.82 Å². The van der Waals surface area contributed by atoms with Gasteiger partial charge in [0.15, 0.2) is 0 Å². The van der Waals surface area contributed by atoms with Crippen molar-refractivity contribution in [2.24, 2.45) is 0 Å². The van der Waals surface area contributed by atoms with Gasteiger partial charge in [-0.05, 0) is 37.9 Å². The van der Waals surface area contributed by atoms with Crippen LogP contribution in [0.5, 0.6) is 0 Å². The summed E-state index contributed by atoms with van der Waals surface area (Å²) < 4.78 is 18.6. The number of fused-ring (bicyclic) bond motifs is 1. The van der Waals surface area contributed by atoms with Crippen molar-refractivity contribution in [2.75, 3.05) is 26.0 Å². The third kappa shape index (κ3) is 3.94. The number of esters is 1. The molecule has 0 saturated carbocycles. The van der Waals surface area contributed by atoms with E-state index in [9.17, 15) is 14.0 Å². The number of thiophene rings is 1. The number of rotatable bonds is 6. The zero-order chi connectivity index (χ0) is 18.7. The molecule has 0 spiro atoms. The van der Waals surface area contributed by atoms with E-state index in [0.29, 0.717) is 22.7 Å². The van der Waals surface area contributed by atoms with Crippen molar-refractivity contribution in [3.05, 3.63) is 51.7 Å². The molecule has 1 amide bonds. The highest BCUT2D eigenvalue weighted by molar-refractivity contribution is 7.17. The number of carbonyl (C=O) groups is 2. The first-order chi connectivity index (χ1) is 12.5. The average molecular weight is 376 g/mol. The van der Waals surface area contributed by atoms with Crippen LogP contribution in [0.15, 0.2) is 24.3 Å². The molecule has 0 saturated heterocycles. The molecule has 0 atom stereocenters. The molecule has 1 aromatic heterocycles. The van der Waals surface area contributed by atoms with E-state index in [1.165, 1.54) is 24.5 Å². The van der Waals surface area contributed by atoms with Gasteiger partial charge < -0.3 is 10.1 Å². The molecule has 5 nitrogen and oxygen atoms in total. The molecule has 1 heterocycles. The van der Waals surface area contributed by atoms with Gasteiger partial charge in [0.25, 0.3) is 0 Å². The Labute approximate surface area is 155 Å². The number of nitrogens with zero attached hydrogens (tertiary/aromatic N) is 1. The van der Waals surface area contributed by atoms with E-state index in [1.807, 2.05) is 0 Å². The summed E-state index contributed by atoms with van der Waals surface area (Å²) in [5.74, 6) is -0.948. The fourth-order valence-electron chi connectivity index (χ4n) is 3.19. The average Bonchev–Trinajstić information content (AvgIpc) is 3.16. The first-order valence-corrected chi connectivity index (χ1v) is 9.26. The molecule has 1 aromatic carbocycles. The monoisotopic (exact) mass is 376 g/mol. The zero-order valence-corrected chi connectivity index (χ0v) is 15.6. The number of hydrogen-bond acceptors (Lipinski definition) is 5. The van der Waals surface area contributed by atoms with Crippen molar-refractivity contribution < 1.29 is 18.7 Å². The van der Waals surface area contributed by atoms with Gasteiger partial charge in [-0.15, -0.1) is 11.3 Å². The van der Waals surface area contributed by atoms with E-state index >= 15 is 0 Å². The summed E-state index contributed by atoms with van der Waals surface area (Å²) in [6.45, 7) is 0.419. The third-order valence-electron chi connectivity index (χ3n) is 4.38. The van der Waals surface area contributed by atoms with E-state index < -0.39 is 5.97 Å². The van der Waals surface area contributed by atoms with Gasteiger partial charge in [-0.1, -0.05) is 18.2 Å². The molecule has 1 aliphatic rings. The van der Waals surface area contributed by atoms with Crippen LogP contribution in [0.4, 0.5) is 9.39 Å². The number of nitrogens with one attached hydrogen (secondary N) is 1. The summed E-state index contributed by atoms with van der Waals surface area (Å²) in [6.07, 6.45) is 2.77. The van der Waals surface area contributed by atoms with Crippen molar-refractivity contribution >= 4 is 28.2 Å². The molecule has 0 aliphatic heterocycles. The van der Waals surface area contributed by atoms with E-state index in [-0.39, 0.29) is 18.3 Å². The van der Waals surface area contributed by atoms with Gasteiger partial charge in [0.05, 0.1) is 19.2 Å². The molecule has 1 N–H and O–H groups in total. The molecule has 0 radical (unpaired) electrons. The minimum atomic E-state index is -0.417. The molecule has 26 heavy (non-hydrogen) atoms. The Morgan fingerprint density at radius 3 is 2.81 bits per heavy atom. The molecule has 0 fully saturated rings. The molecule has 0 unspecified atom stereocenters. The van der Waals surface area contributed by atoms with Crippen molar-refractivity contribution in [3.63, 3.8) is 0 Å². The Bertz CT molecular complexity index is 834. The predicted octanol–water partition coefficient (Wildman–Crippen LogP) is 3.23. The Hall–Kier alpha value is -2.25. The summed E-state index contributed by atoms with van der Waals surface area (Å²) >= 11 is 1.44. The Morgan fingerprint density at radius 2 is 2.08 bits per heavy atom. The lowest BCUT2D eigenvalue weighted by Gasteiger charge is -2.16. The van der Waals surface area contributed by atoms with Crippen LogP contribution in [-0.4, -0.2) is 37.5 Å². The van der Waals surface area contributed by atoms with Crippen LogP contribution in [0.2, 0.25) is 0 Å². The first kappa shape index (κ1) is 18.5. The van der Waals surface area contributed by atoms with Crippen molar-refractivity contribution in [2.45, 2.75) is 25.8 Å². The Kier molecular flexibility index (Phi) is 5.68. The lowest BCUT2D eigenvalue weighted by molar-refractivity contribution is -0.117. The van der Waals surface area contributed by atoms with Crippen LogP contribution in [0.25, 0.3) is 0 Å². The number of amides is 1. The number of carbonyl (C=O) groups excluding carboxylic acids is 2. The number of benzene rings is 1. The molecular weight excluding hydrogens is 355 g/mol. The standard InChI is InChI=1S/C19H21FN2O3S/c1-22(10-12-6-3-4-8-14(12)20)11-16(23)21-18-17(19(24)25-2)13-7-5-9-15(13)26-18/h3-4,6,8H,5,7,9-11H2,1-2H3,(H,21,23). The SMILES string of the molecule is COC(=O)c1c(NC(=O)CN(C)Cc2ccccc2F)sc2c1CCC2. The highest BCUT2D eigenvalue weighted by atomic mass is 32.1.